The number of nitrogens with zero attached hydrogens (tertiary/aromatic N) is 3. The lowest BCUT2D eigenvalue weighted by Crippen LogP contribution is -2.10. The van der Waals surface area contributed by atoms with E-state index in [1.165, 1.54) is 5.56 Å². The Kier molecular flexibility index (Phi) is 5.93. The molecule has 0 bridgehead atoms. The molecule has 0 aliphatic carbocycles. The van der Waals surface area contributed by atoms with E-state index in [2.05, 4.69) is 48.2 Å². The molecular formula is C21H22N4O3S. The van der Waals surface area contributed by atoms with Crippen LogP contribution in [-0.4, -0.2) is 38.8 Å². The first-order valence-corrected chi connectivity index (χ1v) is 9.42. The molecule has 0 aliphatic heterocycles. The predicted molar refractivity (Wildman–Crippen MR) is 114 cm³/mol. The van der Waals surface area contributed by atoms with Crippen molar-refractivity contribution < 1.29 is 14.6 Å². The van der Waals surface area contributed by atoms with Crippen molar-refractivity contribution in [2.45, 2.75) is 26.2 Å². The van der Waals surface area contributed by atoms with Gasteiger partial charge in [0, 0.05) is 5.56 Å². The van der Waals surface area contributed by atoms with Crippen molar-refractivity contribution in [1.82, 2.24) is 14.9 Å². The number of hydrogen-bond acceptors (Lipinski definition) is 5. The van der Waals surface area contributed by atoms with E-state index in [1.807, 2.05) is 18.2 Å². The predicted octanol–water partition coefficient (Wildman–Crippen LogP) is 4.25. The standard InChI is InChI=1S/C21H22N4O3S/c1-21(2,3)16-9-7-15(8-10-16)19-23-24-20(29)25(19)22-12-14-5-4-6-17(11-14)28-13-18(26)27/h4-12H,13H2,1-3H3,(H,24,29)(H,26,27)/b22-12+. The Bertz CT molecular complexity index is 1090. The molecule has 0 saturated carbocycles. The molecule has 29 heavy (non-hydrogen) atoms. The molecule has 0 fully saturated rings. The van der Waals surface area contributed by atoms with Gasteiger partial charge in [0.15, 0.2) is 12.4 Å². The van der Waals surface area contributed by atoms with E-state index >= 15 is 0 Å². The normalized spacial score (nSPS) is 11.7. The summed E-state index contributed by atoms with van der Waals surface area (Å²) in [4.78, 5) is 10.6. The summed E-state index contributed by atoms with van der Waals surface area (Å²) in [7, 11) is 0. The minimum atomic E-state index is -1.03. The summed E-state index contributed by atoms with van der Waals surface area (Å²) in [6.07, 6.45) is 1.62. The summed E-state index contributed by atoms with van der Waals surface area (Å²) in [5.41, 5.74) is 2.92. The maximum Gasteiger partial charge on any atom is 0.341 e. The van der Waals surface area contributed by atoms with Gasteiger partial charge in [0.1, 0.15) is 5.75 Å². The van der Waals surface area contributed by atoms with Crippen LogP contribution in [0.1, 0.15) is 31.9 Å². The largest absolute Gasteiger partial charge is 0.482 e. The van der Waals surface area contributed by atoms with Gasteiger partial charge in [0.05, 0.1) is 6.21 Å². The highest BCUT2D eigenvalue weighted by molar-refractivity contribution is 7.71. The molecule has 1 aromatic heterocycles. The van der Waals surface area contributed by atoms with Crippen LogP contribution >= 0.6 is 12.2 Å². The SMILES string of the molecule is CC(C)(C)c1ccc(-c2n[nH]c(=S)n2/N=C/c2cccc(OCC(=O)O)c2)cc1. The zero-order valence-corrected chi connectivity index (χ0v) is 17.2. The fourth-order valence-corrected chi connectivity index (χ4v) is 2.84. The molecule has 0 saturated heterocycles. The van der Waals surface area contributed by atoms with Crippen LogP contribution in [0.2, 0.25) is 0 Å². The van der Waals surface area contributed by atoms with E-state index in [4.69, 9.17) is 22.1 Å². The minimum absolute atomic E-state index is 0.0646. The first kappa shape index (κ1) is 20.5. The van der Waals surface area contributed by atoms with Gasteiger partial charge < -0.3 is 9.84 Å². The number of carbonyl (C=O) groups is 1. The van der Waals surface area contributed by atoms with Crippen molar-refractivity contribution in [2.24, 2.45) is 5.10 Å². The van der Waals surface area contributed by atoms with Crippen molar-refractivity contribution in [3.05, 3.63) is 64.4 Å². The average Bonchev–Trinajstić information content (AvgIpc) is 3.05. The number of benzene rings is 2. The number of aromatic amines is 1. The minimum Gasteiger partial charge on any atom is -0.482 e. The van der Waals surface area contributed by atoms with Crippen molar-refractivity contribution in [3.63, 3.8) is 0 Å². The van der Waals surface area contributed by atoms with Crippen LogP contribution in [0.4, 0.5) is 0 Å². The number of H-pyrrole nitrogens is 1. The summed E-state index contributed by atoms with van der Waals surface area (Å²) in [6.45, 7) is 6.09. The number of aliphatic carboxylic acids is 1. The smallest absolute Gasteiger partial charge is 0.341 e. The summed E-state index contributed by atoms with van der Waals surface area (Å²) in [5.74, 6) is 0.0195. The van der Waals surface area contributed by atoms with Crippen LogP contribution in [0.5, 0.6) is 5.75 Å². The highest BCUT2D eigenvalue weighted by Crippen LogP contribution is 2.25. The highest BCUT2D eigenvalue weighted by Gasteiger charge is 2.14. The topological polar surface area (TPSA) is 92.5 Å². The Hall–Kier alpha value is -3.26. The second-order valence-electron chi connectivity index (χ2n) is 7.49. The number of carboxylic acids is 1. The lowest BCUT2D eigenvalue weighted by Gasteiger charge is -2.18. The molecule has 0 atom stereocenters. The fraction of sp³-hybridized carbons (Fsp3) is 0.238. The van der Waals surface area contributed by atoms with E-state index in [-0.39, 0.29) is 5.41 Å². The van der Waals surface area contributed by atoms with E-state index in [1.54, 1.807) is 29.1 Å². The van der Waals surface area contributed by atoms with Crippen LogP contribution in [-0.2, 0) is 10.2 Å². The Morgan fingerprint density at radius 3 is 2.66 bits per heavy atom. The third-order valence-corrected chi connectivity index (χ3v) is 4.47. The summed E-state index contributed by atoms with van der Waals surface area (Å²) in [6, 6.07) is 15.1. The number of ether oxygens (including phenoxy) is 1. The number of hydrogen-bond donors (Lipinski definition) is 2. The highest BCUT2D eigenvalue weighted by atomic mass is 32.1. The van der Waals surface area contributed by atoms with Gasteiger partial charge in [-0.25, -0.2) is 9.89 Å². The van der Waals surface area contributed by atoms with Crippen LogP contribution in [0.15, 0.2) is 53.6 Å². The second-order valence-corrected chi connectivity index (χ2v) is 7.88. The molecule has 0 spiro atoms. The number of rotatable bonds is 6. The van der Waals surface area contributed by atoms with Crippen molar-refractivity contribution >= 4 is 24.4 Å². The summed E-state index contributed by atoms with van der Waals surface area (Å²) < 4.78 is 7.11. The van der Waals surface area contributed by atoms with E-state index in [0.717, 1.165) is 11.1 Å². The van der Waals surface area contributed by atoms with Gasteiger partial charge in [-0.3, -0.25) is 0 Å². The third-order valence-electron chi connectivity index (χ3n) is 4.20. The first-order valence-electron chi connectivity index (χ1n) is 9.01. The van der Waals surface area contributed by atoms with E-state index in [9.17, 15) is 4.79 Å². The maximum atomic E-state index is 10.6. The summed E-state index contributed by atoms with van der Waals surface area (Å²) >= 11 is 5.31. The molecule has 1 heterocycles. The first-order chi connectivity index (χ1) is 13.7. The fourth-order valence-electron chi connectivity index (χ4n) is 2.66. The lowest BCUT2D eigenvalue weighted by atomic mass is 9.87. The van der Waals surface area contributed by atoms with Gasteiger partial charge in [0.25, 0.3) is 0 Å². The molecule has 0 aliphatic rings. The van der Waals surface area contributed by atoms with Crippen LogP contribution in [0, 0.1) is 4.77 Å². The van der Waals surface area contributed by atoms with Gasteiger partial charge in [-0.1, -0.05) is 57.2 Å². The van der Waals surface area contributed by atoms with Crippen molar-refractivity contribution in [3.8, 4) is 17.1 Å². The Morgan fingerprint density at radius 2 is 2.00 bits per heavy atom. The Balaban J connectivity index is 1.86. The molecule has 3 aromatic rings. The average molecular weight is 410 g/mol. The Labute approximate surface area is 173 Å². The molecular weight excluding hydrogens is 388 g/mol. The molecule has 2 N–H and O–H groups in total. The van der Waals surface area contributed by atoms with Crippen LogP contribution < -0.4 is 4.74 Å². The molecule has 8 heteroatoms. The molecule has 3 rings (SSSR count). The van der Waals surface area contributed by atoms with Crippen molar-refractivity contribution in [1.29, 1.82) is 0 Å². The van der Waals surface area contributed by atoms with E-state index < -0.39 is 12.6 Å². The molecule has 7 nitrogen and oxygen atoms in total. The van der Waals surface area contributed by atoms with Crippen LogP contribution in [0.3, 0.4) is 0 Å². The maximum absolute atomic E-state index is 10.6. The second kappa shape index (κ2) is 8.40. The number of carboxylic acid groups (broad SMARTS) is 1. The summed E-state index contributed by atoms with van der Waals surface area (Å²) in [5, 5.41) is 20.2. The van der Waals surface area contributed by atoms with E-state index in [0.29, 0.717) is 16.3 Å². The monoisotopic (exact) mass is 410 g/mol. The van der Waals surface area contributed by atoms with Gasteiger partial charge in [0.2, 0.25) is 4.77 Å². The van der Waals surface area contributed by atoms with Gasteiger partial charge in [-0.15, -0.1) is 0 Å². The van der Waals surface area contributed by atoms with Gasteiger partial charge in [-0.05, 0) is 40.9 Å². The third kappa shape index (κ3) is 5.17. The molecule has 0 amide bonds. The molecule has 2 aromatic carbocycles. The Morgan fingerprint density at radius 1 is 1.28 bits per heavy atom. The zero-order chi connectivity index (χ0) is 21.0. The number of aromatic nitrogens is 3. The zero-order valence-electron chi connectivity index (χ0n) is 16.4. The van der Waals surface area contributed by atoms with Gasteiger partial charge >= 0.3 is 5.97 Å². The lowest BCUT2D eigenvalue weighted by molar-refractivity contribution is -0.139. The molecule has 0 radical (unpaired) electrons. The van der Waals surface area contributed by atoms with Crippen molar-refractivity contribution in [2.75, 3.05) is 6.61 Å². The number of nitrogens with one attached hydrogen (secondary N) is 1. The van der Waals surface area contributed by atoms with Gasteiger partial charge in [-0.2, -0.15) is 14.9 Å². The quantitative estimate of drug-likeness (QED) is 0.468. The van der Waals surface area contributed by atoms with Crippen LogP contribution in [0.25, 0.3) is 11.4 Å². The molecule has 0 unspecified atom stereocenters. The molecule has 150 valence electrons.